The van der Waals surface area contributed by atoms with E-state index in [9.17, 15) is 13.6 Å². The molecular weight excluding hydrogens is 239 g/mol. The summed E-state index contributed by atoms with van der Waals surface area (Å²) in [6, 6.07) is 5.87. The third kappa shape index (κ3) is 1.63. The molecule has 1 aliphatic heterocycles. The van der Waals surface area contributed by atoms with Gasteiger partial charge in [-0.1, -0.05) is 24.3 Å². The summed E-state index contributed by atoms with van der Waals surface area (Å²) in [4.78, 5) is 15.5. The van der Waals surface area contributed by atoms with Gasteiger partial charge in [-0.25, -0.2) is 4.79 Å². The zero-order valence-electron chi connectivity index (χ0n) is 10.3. The fraction of sp³-hybridized carbons (Fsp3) is 0.333. The Morgan fingerprint density at radius 2 is 1.94 bits per heavy atom. The largest absolute Gasteiger partial charge is 0.539 e. The van der Waals surface area contributed by atoms with E-state index < -0.39 is 17.4 Å². The van der Waals surface area contributed by atoms with E-state index >= 15 is 0 Å². The molecule has 0 atom stereocenters. The SMILES string of the molecule is BOC(=O)C1=NC(C)(C)C(F)(F)c2ccccc21. The third-order valence-electron chi connectivity index (χ3n) is 3.06. The van der Waals surface area contributed by atoms with Crippen LogP contribution >= 0.6 is 0 Å². The molecule has 0 unspecified atom stereocenters. The van der Waals surface area contributed by atoms with E-state index in [0.29, 0.717) is 0 Å². The van der Waals surface area contributed by atoms with Gasteiger partial charge in [0.05, 0.1) is 0 Å². The van der Waals surface area contributed by atoms with Gasteiger partial charge in [-0.15, -0.1) is 0 Å². The molecule has 0 N–H and O–H groups in total. The van der Waals surface area contributed by atoms with Crippen LogP contribution in [0, 0.1) is 0 Å². The maximum absolute atomic E-state index is 14.3. The van der Waals surface area contributed by atoms with E-state index in [1.54, 1.807) is 6.07 Å². The molecule has 2 rings (SSSR count). The number of halogens is 2. The maximum Gasteiger partial charge on any atom is 0.339 e. The first-order valence-electron chi connectivity index (χ1n) is 5.47. The lowest BCUT2D eigenvalue weighted by Gasteiger charge is -2.36. The molecule has 18 heavy (non-hydrogen) atoms. The Bertz CT molecular complexity index is 541. The van der Waals surface area contributed by atoms with Crippen molar-refractivity contribution in [3.05, 3.63) is 35.4 Å². The molecule has 94 valence electrons. The summed E-state index contributed by atoms with van der Waals surface area (Å²) in [5, 5.41) is 0. The number of carbonyl (C=O) groups excluding carboxylic acids is 1. The molecule has 3 nitrogen and oxygen atoms in total. The van der Waals surface area contributed by atoms with E-state index in [2.05, 4.69) is 9.65 Å². The lowest BCUT2D eigenvalue weighted by Crippen LogP contribution is -2.45. The monoisotopic (exact) mass is 251 g/mol. The molecule has 0 aromatic heterocycles. The van der Waals surface area contributed by atoms with E-state index in [1.807, 2.05) is 0 Å². The zero-order valence-corrected chi connectivity index (χ0v) is 10.3. The fourth-order valence-electron chi connectivity index (χ4n) is 1.96. The first kappa shape index (κ1) is 12.7. The van der Waals surface area contributed by atoms with E-state index in [-0.39, 0.29) is 16.8 Å². The fourth-order valence-corrected chi connectivity index (χ4v) is 1.96. The average Bonchev–Trinajstić information content (AvgIpc) is 2.33. The molecule has 1 heterocycles. The number of rotatable bonds is 1. The molecule has 0 bridgehead atoms. The van der Waals surface area contributed by atoms with Crippen LogP contribution in [-0.4, -0.2) is 25.3 Å². The number of alkyl halides is 2. The molecule has 0 amide bonds. The second-order valence-electron chi connectivity index (χ2n) is 4.63. The lowest BCUT2D eigenvalue weighted by atomic mass is 9.83. The van der Waals surface area contributed by atoms with Crippen LogP contribution in [0.25, 0.3) is 0 Å². The summed E-state index contributed by atoms with van der Waals surface area (Å²) in [6.07, 6.45) is 0. The predicted octanol–water partition coefficient (Wildman–Crippen LogP) is 1.45. The van der Waals surface area contributed by atoms with Crippen LogP contribution in [0.2, 0.25) is 0 Å². The molecule has 0 fully saturated rings. The van der Waals surface area contributed by atoms with Gasteiger partial charge in [0.15, 0.2) is 0 Å². The molecule has 0 spiro atoms. The second-order valence-corrected chi connectivity index (χ2v) is 4.63. The van der Waals surface area contributed by atoms with Crippen LogP contribution in [-0.2, 0) is 15.4 Å². The van der Waals surface area contributed by atoms with Crippen LogP contribution in [0.5, 0.6) is 0 Å². The van der Waals surface area contributed by atoms with Crippen molar-refractivity contribution in [1.29, 1.82) is 0 Å². The van der Waals surface area contributed by atoms with Crippen LogP contribution < -0.4 is 0 Å². The third-order valence-corrected chi connectivity index (χ3v) is 3.06. The van der Waals surface area contributed by atoms with Gasteiger partial charge in [0.1, 0.15) is 11.3 Å². The van der Waals surface area contributed by atoms with Gasteiger partial charge in [0.2, 0.25) is 0 Å². The first-order valence-corrected chi connectivity index (χ1v) is 5.47. The van der Waals surface area contributed by atoms with Crippen LogP contribution in [0.1, 0.15) is 25.0 Å². The van der Waals surface area contributed by atoms with Gasteiger partial charge < -0.3 is 4.65 Å². The van der Waals surface area contributed by atoms with Crippen LogP contribution in [0.3, 0.4) is 0 Å². The van der Waals surface area contributed by atoms with Crippen molar-refractivity contribution in [3.8, 4) is 0 Å². The van der Waals surface area contributed by atoms with Gasteiger partial charge in [-0.05, 0) is 13.8 Å². The second kappa shape index (κ2) is 3.90. The van der Waals surface area contributed by atoms with E-state index in [0.717, 1.165) is 0 Å². The average molecular weight is 251 g/mol. The Kier molecular flexibility index (Phi) is 2.76. The molecule has 6 heteroatoms. The molecule has 1 aromatic carbocycles. The van der Waals surface area contributed by atoms with Gasteiger partial charge in [0, 0.05) is 11.1 Å². The number of hydrogen-bond acceptors (Lipinski definition) is 3. The van der Waals surface area contributed by atoms with Crippen molar-refractivity contribution in [2.24, 2.45) is 4.99 Å². The number of hydrogen-bond donors (Lipinski definition) is 0. The van der Waals surface area contributed by atoms with Crippen molar-refractivity contribution < 1.29 is 18.2 Å². The maximum atomic E-state index is 14.3. The number of fused-ring (bicyclic) bond motifs is 1. The Labute approximate surface area is 104 Å². The lowest BCUT2D eigenvalue weighted by molar-refractivity contribution is -0.126. The molecule has 1 aliphatic rings. The van der Waals surface area contributed by atoms with Gasteiger partial charge in [0.25, 0.3) is 5.92 Å². The van der Waals surface area contributed by atoms with E-state index in [1.165, 1.54) is 40.1 Å². The minimum atomic E-state index is -3.12. The number of nitrogens with zero attached hydrogens (tertiary/aromatic N) is 1. The summed E-state index contributed by atoms with van der Waals surface area (Å²) >= 11 is 0. The number of aliphatic imine (C=N–C) groups is 1. The normalized spacial score (nSPS) is 19.7. The quantitative estimate of drug-likeness (QED) is 0.708. The number of carbonyl (C=O) groups is 1. The minimum absolute atomic E-state index is 0.0518. The van der Waals surface area contributed by atoms with Crippen molar-refractivity contribution in [3.63, 3.8) is 0 Å². The highest BCUT2D eigenvalue weighted by atomic mass is 19.3. The molecule has 1 aromatic rings. The molecular formula is C12H12BF2NO2. The Morgan fingerprint density at radius 1 is 1.33 bits per heavy atom. The smallest absolute Gasteiger partial charge is 0.339 e. The van der Waals surface area contributed by atoms with Gasteiger partial charge in [-0.2, -0.15) is 8.78 Å². The van der Waals surface area contributed by atoms with Gasteiger partial charge >= 0.3 is 14.0 Å². The Morgan fingerprint density at radius 3 is 2.56 bits per heavy atom. The predicted molar refractivity (Wildman–Crippen MR) is 65.6 cm³/mol. The van der Waals surface area contributed by atoms with E-state index in [4.69, 9.17) is 0 Å². The van der Waals surface area contributed by atoms with Crippen molar-refractivity contribution in [2.45, 2.75) is 25.3 Å². The first-order chi connectivity index (χ1) is 8.31. The standard InChI is InChI=1S/C12H12BF2NO2/c1-11(2)12(14,15)8-6-4-3-5-7(8)9(16-11)10(17)18-13/h3-6H,13H2,1-2H3. The molecule has 0 aliphatic carbocycles. The summed E-state index contributed by atoms with van der Waals surface area (Å²) in [7, 11) is 1.20. The highest BCUT2D eigenvalue weighted by Crippen LogP contribution is 2.45. The minimum Gasteiger partial charge on any atom is -0.539 e. The molecule has 0 saturated carbocycles. The summed E-state index contributed by atoms with van der Waals surface area (Å²) in [6.45, 7) is 2.60. The highest BCUT2D eigenvalue weighted by molar-refractivity contribution is 6.46. The summed E-state index contributed by atoms with van der Waals surface area (Å²) in [5.74, 6) is -3.83. The molecule has 0 saturated heterocycles. The van der Waals surface area contributed by atoms with Crippen molar-refractivity contribution >= 4 is 19.7 Å². The number of benzene rings is 1. The van der Waals surface area contributed by atoms with Crippen molar-refractivity contribution in [2.75, 3.05) is 0 Å². The zero-order chi connectivity index (χ0) is 13.6. The topological polar surface area (TPSA) is 38.7 Å². The van der Waals surface area contributed by atoms with Gasteiger partial charge in [-0.3, -0.25) is 4.99 Å². The Balaban J connectivity index is 2.71. The summed E-state index contributed by atoms with van der Waals surface area (Å²) in [5.41, 5.74) is -1.78. The molecule has 0 radical (unpaired) electrons. The summed E-state index contributed by atoms with van der Waals surface area (Å²) < 4.78 is 33.1. The van der Waals surface area contributed by atoms with Crippen molar-refractivity contribution in [1.82, 2.24) is 0 Å². The highest BCUT2D eigenvalue weighted by Gasteiger charge is 2.53. The van der Waals surface area contributed by atoms with Crippen LogP contribution in [0.15, 0.2) is 29.3 Å². The van der Waals surface area contributed by atoms with Crippen LogP contribution in [0.4, 0.5) is 8.78 Å². The Hall–Kier alpha value is -1.72.